The molecule has 0 saturated carbocycles. The first-order valence-electron chi connectivity index (χ1n) is 7.85. The van der Waals surface area contributed by atoms with E-state index in [1.807, 2.05) is 59.7 Å². The number of carbonyl (C=O) groups is 1. The molecule has 130 valence electrons. The first-order valence-corrected chi connectivity index (χ1v) is 8.73. The van der Waals surface area contributed by atoms with Crippen molar-refractivity contribution in [1.82, 2.24) is 14.9 Å². The third-order valence-electron chi connectivity index (χ3n) is 3.63. The second-order valence-corrected chi connectivity index (χ2v) is 8.30. The third-order valence-corrected chi connectivity index (χ3v) is 4.68. The third kappa shape index (κ3) is 4.08. The number of benzene rings is 1. The van der Waals surface area contributed by atoms with Crippen LogP contribution in [0.15, 0.2) is 23.4 Å². The Morgan fingerprint density at radius 3 is 2.50 bits per heavy atom. The van der Waals surface area contributed by atoms with Crippen molar-refractivity contribution in [2.24, 2.45) is 0 Å². The summed E-state index contributed by atoms with van der Waals surface area (Å²) in [6, 6.07) is 5.94. The molecule has 24 heavy (non-hydrogen) atoms. The number of hydrogen-bond donors (Lipinski definition) is 2. The van der Waals surface area contributed by atoms with Crippen LogP contribution in [0, 0.1) is 13.8 Å². The Bertz CT molecular complexity index is 748. The van der Waals surface area contributed by atoms with Crippen molar-refractivity contribution in [1.29, 1.82) is 0 Å². The van der Waals surface area contributed by atoms with Crippen molar-refractivity contribution in [2.45, 2.75) is 57.4 Å². The Morgan fingerprint density at radius 1 is 1.29 bits per heavy atom. The molecule has 1 atom stereocenters. The predicted octanol–water partition coefficient (Wildman–Crippen LogP) is 3.03. The fourth-order valence-electron chi connectivity index (χ4n) is 2.27. The summed E-state index contributed by atoms with van der Waals surface area (Å²) in [5, 5.41) is 11.4. The number of amides is 1. The van der Waals surface area contributed by atoms with E-state index in [1.165, 1.54) is 22.0 Å². The Hall–Kier alpha value is -2.02. The molecule has 3 N–H and O–H groups in total. The summed E-state index contributed by atoms with van der Waals surface area (Å²) in [7, 11) is 0. The number of rotatable bonds is 4. The predicted molar refractivity (Wildman–Crippen MR) is 98.7 cm³/mol. The van der Waals surface area contributed by atoms with Crippen molar-refractivity contribution in [3.8, 4) is 0 Å². The van der Waals surface area contributed by atoms with E-state index in [4.69, 9.17) is 5.84 Å². The number of aryl methyl sites for hydroxylation is 2. The molecule has 1 aromatic carbocycles. The molecule has 6 nitrogen and oxygen atoms in total. The van der Waals surface area contributed by atoms with Gasteiger partial charge in [-0.3, -0.25) is 4.79 Å². The Labute approximate surface area is 147 Å². The number of nitrogens with one attached hydrogen (secondary N) is 1. The zero-order valence-corrected chi connectivity index (χ0v) is 15.9. The normalized spacial score (nSPS) is 12.9. The molecule has 1 unspecified atom stereocenters. The summed E-state index contributed by atoms with van der Waals surface area (Å²) >= 11 is 1.30. The van der Waals surface area contributed by atoms with Gasteiger partial charge in [-0.25, -0.2) is 4.68 Å². The number of thioether (sulfide) groups is 1. The molecule has 1 aromatic heterocycles. The first-order chi connectivity index (χ1) is 11.1. The topological polar surface area (TPSA) is 85.8 Å². The molecule has 0 aliphatic carbocycles. The summed E-state index contributed by atoms with van der Waals surface area (Å²) in [5.74, 6) is 6.67. The van der Waals surface area contributed by atoms with Gasteiger partial charge in [-0.15, -0.1) is 10.2 Å². The standard InChI is InChI=1S/C17H25N5OS/c1-10-7-8-13(11(2)9-10)19-14(23)12(3)24-16-21-20-15(22(16)18)17(4,5)6/h7-9,12H,18H2,1-6H3,(H,19,23). The lowest BCUT2D eigenvalue weighted by molar-refractivity contribution is -0.115. The SMILES string of the molecule is Cc1ccc(NC(=O)C(C)Sc2nnc(C(C)(C)C)n2N)c(C)c1. The van der Waals surface area contributed by atoms with Crippen LogP contribution in [0.1, 0.15) is 44.6 Å². The molecule has 0 bridgehead atoms. The molecule has 0 saturated heterocycles. The minimum absolute atomic E-state index is 0.0905. The lowest BCUT2D eigenvalue weighted by Gasteiger charge is -2.17. The molecular formula is C17H25N5OS. The van der Waals surface area contributed by atoms with Crippen molar-refractivity contribution in [3.05, 3.63) is 35.2 Å². The van der Waals surface area contributed by atoms with Gasteiger partial charge in [0.2, 0.25) is 11.1 Å². The van der Waals surface area contributed by atoms with Crippen LogP contribution in [-0.4, -0.2) is 26.0 Å². The maximum Gasteiger partial charge on any atom is 0.237 e. The Balaban J connectivity index is 2.08. The van der Waals surface area contributed by atoms with Crippen LogP contribution >= 0.6 is 11.8 Å². The summed E-state index contributed by atoms with van der Waals surface area (Å²) in [6.45, 7) is 11.9. The quantitative estimate of drug-likeness (QED) is 0.656. The maximum atomic E-state index is 12.4. The number of anilines is 1. The summed E-state index contributed by atoms with van der Waals surface area (Å²) in [5.41, 5.74) is 2.82. The van der Waals surface area contributed by atoms with Crippen LogP contribution in [0.5, 0.6) is 0 Å². The molecule has 2 aromatic rings. The molecule has 7 heteroatoms. The average Bonchev–Trinajstić information content (AvgIpc) is 2.83. The van der Waals surface area contributed by atoms with Gasteiger partial charge in [0.15, 0.2) is 5.82 Å². The average molecular weight is 347 g/mol. The van der Waals surface area contributed by atoms with Crippen LogP contribution in [0.25, 0.3) is 0 Å². The van der Waals surface area contributed by atoms with Gasteiger partial charge < -0.3 is 11.2 Å². The number of hydrogen-bond acceptors (Lipinski definition) is 5. The molecule has 0 fully saturated rings. The van der Waals surface area contributed by atoms with Gasteiger partial charge in [-0.1, -0.05) is 50.2 Å². The minimum atomic E-state index is -0.343. The number of nitrogen functional groups attached to an aromatic ring is 1. The van der Waals surface area contributed by atoms with Crippen LogP contribution in [-0.2, 0) is 10.2 Å². The van der Waals surface area contributed by atoms with E-state index in [-0.39, 0.29) is 16.6 Å². The van der Waals surface area contributed by atoms with Crippen LogP contribution in [0.2, 0.25) is 0 Å². The first kappa shape index (κ1) is 18.3. The van der Waals surface area contributed by atoms with E-state index in [0.717, 1.165) is 11.3 Å². The number of nitrogens with two attached hydrogens (primary N) is 1. The maximum absolute atomic E-state index is 12.4. The van der Waals surface area contributed by atoms with Gasteiger partial charge in [0.1, 0.15) is 0 Å². The lowest BCUT2D eigenvalue weighted by atomic mass is 9.96. The van der Waals surface area contributed by atoms with Gasteiger partial charge in [-0.2, -0.15) is 0 Å². The van der Waals surface area contributed by atoms with Crippen LogP contribution < -0.4 is 11.2 Å². The van der Waals surface area contributed by atoms with Crippen LogP contribution in [0.3, 0.4) is 0 Å². The number of nitrogens with zero attached hydrogens (tertiary/aromatic N) is 3. The smallest absolute Gasteiger partial charge is 0.237 e. The summed E-state index contributed by atoms with van der Waals surface area (Å²) in [6.07, 6.45) is 0. The molecule has 0 aliphatic heterocycles. The molecule has 1 heterocycles. The number of aromatic nitrogens is 3. The fourth-order valence-corrected chi connectivity index (χ4v) is 3.04. The van der Waals surface area contributed by atoms with Crippen molar-refractivity contribution < 1.29 is 4.79 Å². The van der Waals surface area contributed by atoms with E-state index < -0.39 is 0 Å². The molecule has 1 amide bonds. The Morgan fingerprint density at radius 2 is 1.96 bits per heavy atom. The second-order valence-electron chi connectivity index (χ2n) is 6.99. The highest BCUT2D eigenvalue weighted by molar-refractivity contribution is 8.00. The second kappa shape index (κ2) is 6.84. The zero-order chi connectivity index (χ0) is 18.1. The summed E-state index contributed by atoms with van der Waals surface area (Å²) in [4.78, 5) is 12.4. The van der Waals surface area contributed by atoms with E-state index in [0.29, 0.717) is 11.0 Å². The zero-order valence-electron chi connectivity index (χ0n) is 15.0. The monoisotopic (exact) mass is 347 g/mol. The minimum Gasteiger partial charge on any atom is -0.336 e. The van der Waals surface area contributed by atoms with Gasteiger partial charge in [0.25, 0.3) is 0 Å². The van der Waals surface area contributed by atoms with Crippen molar-refractivity contribution in [2.75, 3.05) is 11.2 Å². The highest BCUT2D eigenvalue weighted by atomic mass is 32.2. The number of carbonyl (C=O) groups excluding carboxylic acids is 1. The molecule has 2 rings (SSSR count). The molecular weight excluding hydrogens is 322 g/mol. The molecule has 0 aliphatic rings. The van der Waals surface area contributed by atoms with Gasteiger partial charge in [-0.05, 0) is 32.4 Å². The van der Waals surface area contributed by atoms with Crippen molar-refractivity contribution in [3.63, 3.8) is 0 Å². The van der Waals surface area contributed by atoms with Gasteiger partial charge >= 0.3 is 0 Å². The fraction of sp³-hybridized carbons (Fsp3) is 0.471. The van der Waals surface area contributed by atoms with Gasteiger partial charge in [0.05, 0.1) is 5.25 Å². The van der Waals surface area contributed by atoms with Crippen molar-refractivity contribution >= 4 is 23.4 Å². The highest BCUT2D eigenvalue weighted by Gasteiger charge is 2.25. The van der Waals surface area contributed by atoms with E-state index >= 15 is 0 Å². The lowest BCUT2D eigenvalue weighted by Crippen LogP contribution is -2.26. The summed E-state index contributed by atoms with van der Waals surface area (Å²) < 4.78 is 1.46. The largest absolute Gasteiger partial charge is 0.336 e. The van der Waals surface area contributed by atoms with Crippen LogP contribution in [0.4, 0.5) is 5.69 Å². The van der Waals surface area contributed by atoms with E-state index in [9.17, 15) is 4.79 Å². The molecule has 0 radical (unpaired) electrons. The van der Waals surface area contributed by atoms with E-state index in [1.54, 1.807) is 0 Å². The highest BCUT2D eigenvalue weighted by Crippen LogP contribution is 2.26. The van der Waals surface area contributed by atoms with Gasteiger partial charge in [0, 0.05) is 11.1 Å². The van der Waals surface area contributed by atoms with E-state index in [2.05, 4.69) is 15.5 Å². The Kier molecular flexibility index (Phi) is 5.22. The molecule has 0 spiro atoms.